The highest BCUT2D eigenvalue weighted by Crippen LogP contribution is 2.19. The number of anilines is 1. The number of hydrogen-bond donors (Lipinski definition) is 0. The first-order valence-electron chi connectivity index (χ1n) is 5.35. The van der Waals surface area contributed by atoms with Crippen molar-refractivity contribution < 1.29 is 4.74 Å². The summed E-state index contributed by atoms with van der Waals surface area (Å²) in [6, 6.07) is 0. The summed E-state index contributed by atoms with van der Waals surface area (Å²) in [5, 5.41) is 0. The average Bonchev–Trinajstić information content (AvgIpc) is 2.16. The highest BCUT2D eigenvalue weighted by molar-refractivity contribution is 5.42. The van der Waals surface area contributed by atoms with Gasteiger partial charge in [-0.25, -0.2) is 4.98 Å². The van der Waals surface area contributed by atoms with Gasteiger partial charge < -0.3 is 9.64 Å². The van der Waals surface area contributed by atoms with E-state index in [1.54, 1.807) is 12.4 Å². The second-order valence-corrected chi connectivity index (χ2v) is 4.13. The van der Waals surface area contributed by atoms with Crippen molar-refractivity contribution in [3.8, 4) is 0 Å². The van der Waals surface area contributed by atoms with Crippen LogP contribution in [0.1, 0.15) is 19.5 Å². The highest BCUT2D eigenvalue weighted by Gasteiger charge is 2.24. The maximum absolute atomic E-state index is 5.69. The Hall–Kier alpha value is -1.16. The molecular formula is C11H17N3O. The lowest BCUT2D eigenvalue weighted by atomic mass is 10.2. The van der Waals surface area contributed by atoms with Crippen molar-refractivity contribution in [1.29, 1.82) is 0 Å². The number of morpholine rings is 1. The predicted octanol–water partition coefficient (Wildman–Crippen LogP) is 1.40. The lowest BCUT2D eigenvalue weighted by molar-refractivity contribution is -0.00551. The first-order chi connectivity index (χ1) is 7.16. The van der Waals surface area contributed by atoms with Crippen LogP contribution in [0.15, 0.2) is 12.4 Å². The molecule has 1 aromatic heterocycles. The Morgan fingerprint density at radius 3 is 2.40 bits per heavy atom. The zero-order valence-corrected chi connectivity index (χ0v) is 9.47. The van der Waals surface area contributed by atoms with Crippen LogP contribution in [0.25, 0.3) is 0 Å². The third-order valence-electron chi connectivity index (χ3n) is 2.57. The lowest BCUT2D eigenvalue weighted by Gasteiger charge is -2.36. The molecule has 1 aliphatic heterocycles. The van der Waals surface area contributed by atoms with Gasteiger partial charge >= 0.3 is 0 Å². The van der Waals surface area contributed by atoms with E-state index in [9.17, 15) is 0 Å². The van der Waals surface area contributed by atoms with E-state index in [0.29, 0.717) is 0 Å². The van der Waals surface area contributed by atoms with E-state index in [1.807, 2.05) is 6.92 Å². The molecule has 0 aliphatic carbocycles. The molecule has 0 spiro atoms. The quantitative estimate of drug-likeness (QED) is 0.697. The zero-order valence-electron chi connectivity index (χ0n) is 9.47. The van der Waals surface area contributed by atoms with Crippen molar-refractivity contribution in [3.63, 3.8) is 0 Å². The molecule has 1 aliphatic rings. The molecule has 0 saturated carbocycles. The van der Waals surface area contributed by atoms with Crippen LogP contribution in [0.5, 0.6) is 0 Å². The van der Waals surface area contributed by atoms with Gasteiger partial charge in [0, 0.05) is 25.5 Å². The molecule has 2 heterocycles. The summed E-state index contributed by atoms with van der Waals surface area (Å²) in [5.41, 5.74) is 0.985. The van der Waals surface area contributed by atoms with Crippen molar-refractivity contribution in [1.82, 2.24) is 9.97 Å². The Balaban J connectivity index is 2.20. The van der Waals surface area contributed by atoms with Gasteiger partial charge in [0.25, 0.3) is 0 Å². The van der Waals surface area contributed by atoms with E-state index in [0.717, 1.165) is 24.6 Å². The maximum Gasteiger partial charge on any atom is 0.150 e. The van der Waals surface area contributed by atoms with E-state index >= 15 is 0 Å². The lowest BCUT2D eigenvalue weighted by Crippen LogP contribution is -2.46. The monoisotopic (exact) mass is 207 g/mol. The maximum atomic E-state index is 5.69. The Morgan fingerprint density at radius 2 is 1.80 bits per heavy atom. The van der Waals surface area contributed by atoms with Gasteiger partial charge in [0.05, 0.1) is 17.9 Å². The van der Waals surface area contributed by atoms with Gasteiger partial charge in [0.15, 0.2) is 0 Å². The standard InChI is InChI=1S/C11H17N3O/c1-8-6-14(7-9(2)15-8)11-10(3)12-4-5-13-11/h4-5,8-9H,6-7H2,1-3H3. The molecular weight excluding hydrogens is 190 g/mol. The molecule has 2 rings (SSSR count). The van der Waals surface area contributed by atoms with Gasteiger partial charge in [-0.05, 0) is 20.8 Å². The summed E-state index contributed by atoms with van der Waals surface area (Å²) in [7, 11) is 0. The molecule has 0 bridgehead atoms. The Bertz CT molecular complexity index is 332. The van der Waals surface area contributed by atoms with Gasteiger partial charge in [0.1, 0.15) is 5.82 Å². The van der Waals surface area contributed by atoms with E-state index in [2.05, 4.69) is 28.7 Å². The Kier molecular flexibility index (Phi) is 2.86. The van der Waals surface area contributed by atoms with E-state index < -0.39 is 0 Å². The molecule has 4 heteroatoms. The van der Waals surface area contributed by atoms with Crippen molar-refractivity contribution in [3.05, 3.63) is 18.1 Å². The van der Waals surface area contributed by atoms with Crippen LogP contribution in [0.4, 0.5) is 5.82 Å². The fourth-order valence-electron chi connectivity index (χ4n) is 2.06. The van der Waals surface area contributed by atoms with Crippen molar-refractivity contribution in [2.45, 2.75) is 33.0 Å². The van der Waals surface area contributed by atoms with Crippen LogP contribution in [0.2, 0.25) is 0 Å². The molecule has 4 nitrogen and oxygen atoms in total. The molecule has 0 N–H and O–H groups in total. The molecule has 15 heavy (non-hydrogen) atoms. The van der Waals surface area contributed by atoms with Gasteiger partial charge in [-0.2, -0.15) is 0 Å². The van der Waals surface area contributed by atoms with Crippen LogP contribution in [0, 0.1) is 6.92 Å². The SMILES string of the molecule is Cc1nccnc1N1CC(C)OC(C)C1. The van der Waals surface area contributed by atoms with Crippen molar-refractivity contribution in [2.75, 3.05) is 18.0 Å². The summed E-state index contributed by atoms with van der Waals surface area (Å²) in [4.78, 5) is 10.9. The third kappa shape index (κ3) is 2.26. The molecule has 2 atom stereocenters. The van der Waals surface area contributed by atoms with Crippen molar-refractivity contribution >= 4 is 5.82 Å². The molecule has 2 unspecified atom stereocenters. The second kappa shape index (κ2) is 4.14. The molecule has 1 aromatic rings. The summed E-state index contributed by atoms with van der Waals surface area (Å²) >= 11 is 0. The smallest absolute Gasteiger partial charge is 0.150 e. The van der Waals surface area contributed by atoms with Gasteiger partial charge in [0.2, 0.25) is 0 Å². The minimum absolute atomic E-state index is 0.259. The number of hydrogen-bond acceptors (Lipinski definition) is 4. The third-order valence-corrected chi connectivity index (χ3v) is 2.57. The Labute approximate surface area is 90.3 Å². The van der Waals surface area contributed by atoms with Gasteiger partial charge in [-0.3, -0.25) is 4.98 Å². The normalized spacial score (nSPS) is 26.7. The summed E-state index contributed by atoms with van der Waals surface area (Å²) in [6.07, 6.45) is 3.99. The van der Waals surface area contributed by atoms with E-state index in [-0.39, 0.29) is 12.2 Å². The van der Waals surface area contributed by atoms with E-state index in [1.165, 1.54) is 0 Å². The second-order valence-electron chi connectivity index (χ2n) is 4.13. The topological polar surface area (TPSA) is 38.2 Å². The van der Waals surface area contributed by atoms with Gasteiger partial charge in [-0.15, -0.1) is 0 Å². The molecule has 82 valence electrons. The number of rotatable bonds is 1. The van der Waals surface area contributed by atoms with Crippen LogP contribution in [-0.4, -0.2) is 35.3 Å². The first-order valence-corrected chi connectivity index (χ1v) is 5.35. The minimum Gasteiger partial charge on any atom is -0.372 e. The van der Waals surface area contributed by atoms with E-state index in [4.69, 9.17) is 4.74 Å². The molecule has 0 radical (unpaired) electrons. The number of aryl methyl sites for hydroxylation is 1. The van der Waals surface area contributed by atoms with Crippen LogP contribution >= 0.6 is 0 Å². The van der Waals surface area contributed by atoms with Gasteiger partial charge in [-0.1, -0.05) is 0 Å². The number of aromatic nitrogens is 2. The summed E-state index contributed by atoms with van der Waals surface area (Å²) in [6.45, 7) is 7.96. The molecule has 0 amide bonds. The Morgan fingerprint density at radius 1 is 1.20 bits per heavy atom. The molecule has 0 aromatic carbocycles. The van der Waals surface area contributed by atoms with Crippen LogP contribution in [-0.2, 0) is 4.74 Å². The van der Waals surface area contributed by atoms with Crippen molar-refractivity contribution in [2.24, 2.45) is 0 Å². The molecule has 1 fully saturated rings. The fraction of sp³-hybridized carbons (Fsp3) is 0.636. The first kappa shape index (κ1) is 10.4. The summed E-state index contributed by atoms with van der Waals surface area (Å²) < 4.78 is 5.69. The number of ether oxygens (including phenoxy) is 1. The summed E-state index contributed by atoms with van der Waals surface area (Å²) in [5.74, 6) is 0.986. The molecule has 1 saturated heterocycles. The largest absolute Gasteiger partial charge is 0.372 e. The number of nitrogens with zero attached hydrogens (tertiary/aromatic N) is 3. The van der Waals surface area contributed by atoms with Crippen LogP contribution < -0.4 is 4.90 Å². The zero-order chi connectivity index (χ0) is 10.8. The minimum atomic E-state index is 0.259. The van der Waals surface area contributed by atoms with Crippen LogP contribution in [0.3, 0.4) is 0 Å². The fourth-order valence-corrected chi connectivity index (χ4v) is 2.06. The average molecular weight is 207 g/mol. The highest BCUT2D eigenvalue weighted by atomic mass is 16.5. The predicted molar refractivity (Wildman–Crippen MR) is 59.0 cm³/mol.